The molecule has 156 valence electrons. The number of carbonyl (C=O) groups excluding carboxylic acids is 2. The number of sulfonamides is 1. The van der Waals surface area contributed by atoms with Crippen molar-refractivity contribution in [1.29, 1.82) is 0 Å². The summed E-state index contributed by atoms with van der Waals surface area (Å²) in [5, 5.41) is 6.79. The van der Waals surface area contributed by atoms with Gasteiger partial charge in [-0.05, 0) is 24.3 Å². The van der Waals surface area contributed by atoms with Crippen LogP contribution in [0, 0.1) is 0 Å². The monoisotopic (exact) mass is 421 g/mol. The number of hydrogen-bond donors (Lipinski definition) is 1. The van der Waals surface area contributed by atoms with Crippen molar-refractivity contribution in [2.24, 2.45) is 7.05 Å². The number of aryl methyl sites for hydroxylation is 1. The highest BCUT2D eigenvalue weighted by molar-refractivity contribution is 7.88. The molecule has 1 aliphatic rings. The largest absolute Gasteiger partial charge is 0.479 e. The molecule has 2 heterocycles. The van der Waals surface area contributed by atoms with Crippen molar-refractivity contribution in [3.05, 3.63) is 41.6 Å². The molecule has 0 unspecified atom stereocenters. The van der Waals surface area contributed by atoms with Gasteiger partial charge in [-0.2, -0.15) is 4.31 Å². The lowest BCUT2D eigenvalue weighted by molar-refractivity contribution is 0.0698. The lowest BCUT2D eigenvalue weighted by Gasteiger charge is -2.33. The van der Waals surface area contributed by atoms with E-state index in [1.54, 1.807) is 42.4 Å². The number of benzene rings is 1. The van der Waals surface area contributed by atoms with Crippen molar-refractivity contribution in [2.45, 2.75) is 0 Å². The van der Waals surface area contributed by atoms with Crippen molar-refractivity contribution in [1.82, 2.24) is 19.0 Å². The normalized spacial score (nSPS) is 15.2. The minimum absolute atomic E-state index is 0.176. The van der Waals surface area contributed by atoms with Crippen molar-refractivity contribution < 1.29 is 22.7 Å². The van der Waals surface area contributed by atoms with Crippen LogP contribution in [0.15, 0.2) is 30.5 Å². The van der Waals surface area contributed by atoms with Gasteiger partial charge in [-0.3, -0.25) is 14.3 Å². The average Bonchev–Trinajstić information content (AvgIpc) is 3.08. The summed E-state index contributed by atoms with van der Waals surface area (Å²) in [5.41, 5.74) is 1.30. The number of nitrogens with one attached hydrogen (secondary N) is 1. The number of amides is 2. The highest BCUT2D eigenvalue weighted by Crippen LogP contribution is 2.18. The Balaban J connectivity index is 1.63. The van der Waals surface area contributed by atoms with Gasteiger partial charge in [-0.15, -0.1) is 5.10 Å². The summed E-state index contributed by atoms with van der Waals surface area (Å²) in [6.07, 6.45) is 2.72. The van der Waals surface area contributed by atoms with Gasteiger partial charge in [0.25, 0.3) is 11.8 Å². The zero-order valence-electron chi connectivity index (χ0n) is 16.5. The molecule has 1 aromatic heterocycles. The first-order valence-corrected chi connectivity index (χ1v) is 10.8. The van der Waals surface area contributed by atoms with Gasteiger partial charge in [-0.25, -0.2) is 8.42 Å². The molecule has 3 rings (SSSR count). The van der Waals surface area contributed by atoms with E-state index in [2.05, 4.69) is 10.4 Å². The van der Waals surface area contributed by atoms with E-state index in [0.717, 1.165) is 0 Å². The van der Waals surface area contributed by atoms with E-state index < -0.39 is 10.0 Å². The molecule has 1 fully saturated rings. The van der Waals surface area contributed by atoms with Crippen molar-refractivity contribution in [3.63, 3.8) is 0 Å². The molecule has 0 atom stereocenters. The number of piperazine rings is 1. The van der Waals surface area contributed by atoms with Crippen LogP contribution in [0.1, 0.15) is 20.7 Å². The molecular formula is C18H23N5O5S. The fourth-order valence-corrected chi connectivity index (χ4v) is 3.90. The van der Waals surface area contributed by atoms with Gasteiger partial charge in [0, 0.05) is 50.7 Å². The Hall–Kier alpha value is -2.92. The summed E-state index contributed by atoms with van der Waals surface area (Å²) in [6, 6.07) is 6.53. The molecule has 2 amide bonds. The molecule has 1 aromatic carbocycles. The molecule has 11 heteroatoms. The van der Waals surface area contributed by atoms with Crippen LogP contribution in [0.2, 0.25) is 0 Å². The van der Waals surface area contributed by atoms with Crippen LogP contribution in [0.25, 0.3) is 0 Å². The zero-order chi connectivity index (χ0) is 21.2. The molecule has 10 nitrogen and oxygen atoms in total. The summed E-state index contributed by atoms with van der Waals surface area (Å²) in [7, 11) is -0.113. The van der Waals surface area contributed by atoms with Crippen LogP contribution in [-0.2, 0) is 17.1 Å². The van der Waals surface area contributed by atoms with Gasteiger partial charge >= 0.3 is 0 Å². The molecule has 2 aromatic rings. The Labute approximate surface area is 169 Å². The van der Waals surface area contributed by atoms with E-state index in [0.29, 0.717) is 29.9 Å². The number of hydrogen-bond acceptors (Lipinski definition) is 6. The maximum absolute atomic E-state index is 12.6. The SMILES string of the molecule is COc1nn(C)cc1C(=O)Nc1ccc(C(=O)N2CCN(S(C)(=O)=O)CC2)cc1. The van der Waals surface area contributed by atoms with Crippen LogP contribution in [0.3, 0.4) is 0 Å². The third-order valence-corrected chi connectivity index (χ3v) is 5.92. The molecule has 1 saturated heterocycles. The van der Waals surface area contributed by atoms with Crippen molar-refractivity contribution >= 4 is 27.5 Å². The van der Waals surface area contributed by atoms with E-state index in [-0.39, 0.29) is 30.8 Å². The van der Waals surface area contributed by atoms with Crippen LogP contribution in [-0.4, -0.2) is 78.8 Å². The van der Waals surface area contributed by atoms with Crippen LogP contribution >= 0.6 is 0 Å². The predicted molar refractivity (Wildman–Crippen MR) is 106 cm³/mol. The second kappa shape index (κ2) is 8.21. The van der Waals surface area contributed by atoms with Gasteiger partial charge in [0.2, 0.25) is 15.9 Å². The minimum atomic E-state index is -3.24. The molecule has 29 heavy (non-hydrogen) atoms. The summed E-state index contributed by atoms with van der Waals surface area (Å²) < 4.78 is 31.1. The van der Waals surface area contributed by atoms with Gasteiger partial charge in [0.05, 0.1) is 13.4 Å². The lowest BCUT2D eigenvalue weighted by Crippen LogP contribution is -2.50. The number of nitrogens with zero attached hydrogens (tertiary/aromatic N) is 4. The third kappa shape index (κ3) is 4.74. The van der Waals surface area contributed by atoms with Gasteiger partial charge in [-0.1, -0.05) is 0 Å². The number of carbonyl (C=O) groups is 2. The van der Waals surface area contributed by atoms with Gasteiger partial charge in [0.15, 0.2) is 0 Å². The number of rotatable bonds is 5. The molecule has 0 radical (unpaired) electrons. The van der Waals surface area contributed by atoms with E-state index in [1.165, 1.54) is 22.4 Å². The van der Waals surface area contributed by atoms with Gasteiger partial charge < -0.3 is 15.0 Å². The van der Waals surface area contributed by atoms with Crippen LogP contribution < -0.4 is 10.1 Å². The Bertz CT molecular complexity index is 1010. The molecule has 0 aliphatic carbocycles. The zero-order valence-corrected chi connectivity index (χ0v) is 17.3. The van der Waals surface area contributed by atoms with Crippen molar-refractivity contribution in [3.8, 4) is 5.88 Å². The van der Waals surface area contributed by atoms with Gasteiger partial charge in [0.1, 0.15) is 5.56 Å². The number of anilines is 1. The minimum Gasteiger partial charge on any atom is -0.479 e. The van der Waals surface area contributed by atoms with Crippen molar-refractivity contribution in [2.75, 3.05) is 44.9 Å². The van der Waals surface area contributed by atoms with E-state index in [1.807, 2.05) is 0 Å². The first-order chi connectivity index (χ1) is 13.7. The smallest absolute Gasteiger partial charge is 0.262 e. The fraction of sp³-hybridized carbons (Fsp3) is 0.389. The van der Waals surface area contributed by atoms with Crippen LogP contribution in [0.4, 0.5) is 5.69 Å². The maximum Gasteiger partial charge on any atom is 0.262 e. The van der Waals surface area contributed by atoms with E-state index >= 15 is 0 Å². The number of ether oxygens (including phenoxy) is 1. The highest BCUT2D eigenvalue weighted by atomic mass is 32.2. The lowest BCUT2D eigenvalue weighted by atomic mass is 10.1. The Morgan fingerprint density at radius 1 is 1.10 bits per heavy atom. The standard InChI is InChI=1S/C18H23N5O5S/c1-21-12-15(17(20-21)28-2)16(24)19-14-6-4-13(5-7-14)18(25)22-8-10-23(11-9-22)29(3,26)27/h4-7,12H,8-11H2,1-3H3,(H,19,24). The maximum atomic E-state index is 12.6. The topological polar surface area (TPSA) is 114 Å². The molecule has 0 spiro atoms. The summed E-state index contributed by atoms with van der Waals surface area (Å²) in [4.78, 5) is 26.7. The predicted octanol–water partition coefficient (Wildman–Crippen LogP) is 0.398. The first kappa shape index (κ1) is 20.8. The van der Waals surface area contributed by atoms with E-state index in [9.17, 15) is 18.0 Å². The first-order valence-electron chi connectivity index (χ1n) is 8.92. The molecule has 0 saturated carbocycles. The highest BCUT2D eigenvalue weighted by Gasteiger charge is 2.26. The second-order valence-corrected chi connectivity index (χ2v) is 8.69. The quantitative estimate of drug-likeness (QED) is 0.748. The number of aromatic nitrogens is 2. The molecule has 0 bridgehead atoms. The van der Waals surface area contributed by atoms with Crippen LogP contribution in [0.5, 0.6) is 5.88 Å². The fourth-order valence-electron chi connectivity index (χ4n) is 3.07. The summed E-state index contributed by atoms with van der Waals surface area (Å²) in [5.74, 6) is -0.319. The average molecular weight is 421 g/mol. The molecule has 1 N–H and O–H groups in total. The third-order valence-electron chi connectivity index (χ3n) is 4.62. The second-order valence-electron chi connectivity index (χ2n) is 6.71. The molecule has 1 aliphatic heterocycles. The van der Waals surface area contributed by atoms with E-state index in [4.69, 9.17) is 4.74 Å². The Morgan fingerprint density at radius 2 is 1.72 bits per heavy atom. The summed E-state index contributed by atoms with van der Waals surface area (Å²) >= 11 is 0. The Morgan fingerprint density at radius 3 is 2.28 bits per heavy atom. The Kier molecular flexibility index (Phi) is 5.89. The molecular weight excluding hydrogens is 398 g/mol. The number of methoxy groups -OCH3 is 1. The summed E-state index contributed by atoms with van der Waals surface area (Å²) in [6.45, 7) is 1.24.